The zero-order valence-electron chi connectivity index (χ0n) is 14.8. The molecule has 0 bridgehead atoms. The van der Waals surface area contributed by atoms with Crippen LogP contribution in [-0.4, -0.2) is 18.7 Å². The standard InChI is InChI=1S/C21H26N2O2/c1-2-3-4-8-17-25-20-13-11-19(12-14-20)21(24)23-22-16-15-18-9-6-5-7-10-18/h5-7,9-14,16H,2-4,8,15,17H2,1H3,(H,23,24)/b22-16+. The van der Waals surface area contributed by atoms with Crippen molar-refractivity contribution in [2.75, 3.05) is 6.61 Å². The van der Waals surface area contributed by atoms with Gasteiger partial charge < -0.3 is 4.74 Å². The van der Waals surface area contributed by atoms with Crippen LogP contribution < -0.4 is 10.2 Å². The van der Waals surface area contributed by atoms with Crippen LogP contribution in [0.5, 0.6) is 5.75 Å². The minimum absolute atomic E-state index is 0.223. The number of benzene rings is 2. The van der Waals surface area contributed by atoms with Crippen molar-refractivity contribution in [3.05, 3.63) is 65.7 Å². The van der Waals surface area contributed by atoms with Gasteiger partial charge in [0.25, 0.3) is 5.91 Å². The van der Waals surface area contributed by atoms with Crippen LogP contribution in [0.15, 0.2) is 59.7 Å². The fourth-order valence-corrected chi connectivity index (χ4v) is 2.36. The van der Waals surface area contributed by atoms with Crippen LogP contribution in [0.4, 0.5) is 0 Å². The first-order chi connectivity index (χ1) is 12.3. The summed E-state index contributed by atoms with van der Waals surface area (Å²) in [5.41, 5.74) is 4.26. The molecule has 0 heterocycles. The SMILES string of the molecule is CCCCCCOc1ccc(C(=O)N/N=C/Cc2ccccc2)cc1. The first-order valence-electron chi connectivity index (χ1n) is 8.88. The normalized spacial score (nSPS) is 10.8. The first-order valence-corrected chi connectivity index (χ1v) is 8.88. The molecule has 0 aliphatic heterocycles. The number of carbonyl (C=O) groups is 1. The van der Waals surface area contributed by atoms with E-state index in [2.05, 4.69) is 17.5 Å². The first kappa shape index (κ1) is 18.7. The minimum atomic E-state index is -0.223. The van der Waals surface area contributed by atoms with Gasteiger partial charge in [0.05, 0.1) is 6.61 Å². The van der Waals surface area contributed by atoms with Gasteiger partial charge in [0.2, 0.25) is 0 Å². The van der Waals surface area contributed by atoms with Gasteiger partial charge in [0, 0.05) is 18.2 Å². The molecule has 1 amide bonds. The van der Waals surface area contributed by atoms with Gasteiger partial charge in [-0.2, -0.15) is 5.10 Å². The summed E-state index contributed by atoms with van der Waals surface area (Å²) >= 11 is 0. The maximum Gasteiger partial charge on any atom is 0.271 e. The summed E-state index contributed by atoms with van der Waals surface area (Å²) in [4.78, 5) is 12.0. The molecule has 2 rings (SSSR count). The van der Waals surface area contributed by atoms with Crippen LogP contribution in [-0.2, 0) is 6.42 Å². The summed E-state index contributed by atoms with van der Waals surface area (Å²) in [7, 11) is 0. The Balaban J connectivity index is 1.72. The third-order valence-corrected chi connectivity index (χ3v) is 3.81. The number of hydrazone groups is 1. The predicted molar refractivity (Wildman–Crippen MR) is 102 cm³/mol. The Labute approximate surface area is 149 Å². The monoisotopic (exact) mass is 338 g/mol. The van der Waals surface area contributed by atoms with Crippen LogP contribution >= 0.6 is 0 Å². The van der Waals surface area contributed by atoms with Crippen LogP contribution in [0.1, 0.15) is 48.5 Å². The Morgan fingerprint density at radius 1 is 1.04 bits per heavy atom. The molecule has 0 fully saturated rings. The molecule has 0 radical (unpaired) electrons. The van der Waals surface area contributed by atoms with E-state index >= 15 is 0 Å². The summed E-state index contributed by atoms with van der Waals surface area (Å²) in [5, 5.41) is 3.99. The molecule has 0 saturated carbocycles. The molecule has 2 aromatic rings. The van der Waals surface area contributed by atoms with E-state index in [1.54, 1.807) is 18.3 Å². The van der Waals surface area contributed by atoms with E-state index in [0.717, 1.165) is 24.3 Å². The van der Waals surface area contributed by atoms with Crippen molar-refractivity contribution in [3.63, 3.8) is 0 Å². The summed E-state index contributed by atoms with van der Waals surface area (Å²) in [5.74, 6) is 0.569. The van der Waals surface area contributed by atoms with E-state index < -0.39 is 0 Å². The van der Waals surface area contributed by atoms with Crippen molar-refractivity contribution in [3.8, 4) is 5.75 Å². The fraction of sp³-hybridized carbons (Fsp3) is 0.333. The van der Waals surface area contributed by atoms with Crippen molar-refractivity contribution in [1.29, 1.82) is 0 Å². The quantitative estimate of drug-likeness (QED) is 0.391. The maximum absolute atomic E-state index is 12.0. The van der Waals surface area contributed by atoms with Crippen molar-refractivity contribution in [2.45, 2.75) is 39.0 Å². The molecule has 2 aromatic carbocycles. The number of hydrogen-bond donors (Lipinski definition) is 1. The van der Waals surface area contributed by atoms with Gasteiger partial charge in [-0.25, -0.2) is 5.43 Å². The van der Waals surface area contributed by atoms with E-state index in [1.807, 2.05) is 42.5 Å². The highest BCUT2D eigenvalue weighted by molar-refractivity contribution is 5.94. The molecule has 0 unspecified atom stereocenters. The highest BCUT2D eigenvalue weighted by Crippen LogP contribution is 2.13. The Bertz CT molecular complexity index is 651. The Morgan fingerprint density at radius 3 is 2.52 bits per heavy atom. The number of amides is 1. The Morgan fingerprint density at radius 2 is 1.80 bits per heavy atom. The molecular formula is C21H26N2O2. The number of rotatable bonds is 10. The van der Waals surface area contributed by atoms with E-state index in [0.29, 0.717) is 12.0 Å². The molecule has 4 nitrogen and oxygen atoms in total. The molecule has 0 aromatic heterocycles. The van der Waals surface area contributed by atoms with Crippen molar-refractivity contribution in [2.24, 2.45) is 5.10 Å². The molecule has 4 heteroatoms. The number of nitrogens with zero attached hydrogens (tertiary/aromatic N) is 1. The second-order valence-corrected chi connectivity index (χ2v) is 5.88. The van der Waals surface area contributed by atoms with E-state index in [4.69, 9.17) is 4.74 Å². The Hall–Kier alpha value is -2.62. The van der Waals surface area contributed by atoms with Crippen LogP contribution in [0.2, 0.25) is 0 Å². The van der Waals surface area contributed by atoms with E-state index in [-0.39, 0.29) is 5.91 Å². The van der Waals surface area contributed by atoms with Gasteiger partial charge in [-0.1, -0.05) is 56.5 Å². The summed E-state index contributed by atoms with van der Waals surface area (Å²) in [6.45, 7) is 2.91. The van der Waals surface area contributed by atoms with Gasteiger partial charge in [0.1, 0.15) is 5.75 Å². The van der Waals surface area contributed by atoms with Crippen molar-refractivity contribution in [1.82, 2.24) is 5.43 Å². The smallest absolute Gasteiger partial charge is 0.271 e. The zero-order valence-corrected chi connectivity index (χ0v) is 14.8. The van der Waals surface area contributed by atoms with E-state index in [1.165, 1.54) is 19.3 Å². The van der Waals surface area contributed by atoms with Gasteiger partial charge in [-0.3, -0.25) is 4.79 Å². The summed E-state index contributed by atoms with van der Waals surface area (Å²) < 4.78 is 5.67. The van der Waals surface area contributed by atoms with Gasteiger partial charge >= 0.3 is 0 Å². The zero-order chi connectivity index (χ0) is 17.7. The molecular weight excluding hydrogens is 312 g/mol. The van der Waals surface area contributed by atoms with Gasteiger partial charge in [-0.05, 0) is 36.2 Å². The molecule has 1 N–H and O–H groups in total. The summed E-state index contributed by atoms with van der Waals surface area (Å²) in [6.07, 6.45) is 7.10. The molecule has 0 aliphatic carbocycles. The predicted octanol–water partition coefficient (Wildman–Crippen LogP) is 4.60. The second-order valence-electron chi connectivity index (χ2n) is 5.88. The Kier molecular flexibility index (Phi) is 8.25. The molecule has 0 aliphatic rings. The fourth-order valence-electron chi connectivity index (χ4n) is 2.36. The summed E-state index contributed by atoms with van der Waals surface area (Å²) in [6, 6.07) is 17.1. The maximum atomic E-state index is 12.0. The number of ether oxygens (including phenoxy) is 1. The van der Waals surface area contributed by atoms with Gasteiger partial charge in [-0.15, -0.1) is 0 Å². The van der Waals surface area contributed by atoms with Crippen molar-refractivity contribution < 1.29 is 9.53 Å². The van der Waals surface area contributed by atoms with Crippen LogP contribution in [0.3, 0.4) is 0 Å². The van der Waals surface area contributed by atoms with Crippen LogP contribution in [0.25, 0.3) is 0 Å². The van der Waals surface area contributed by atoms with Gasteiger partial charge in [0.15, 0.2) is 0 Å². The lowest BCUT2D eigenvalue weighted by molar-refractivity contribution is 0.0955. The average molecular weight is 338 g/mol. The highest BCUT2D eigenvalue weighted by atomic mass is 16.5. The minimum Gasteiger partial charge on any atom is -0.494 e. The number of carbonyl (C=O) groups excluding carboxylic acids is 1. The lowest BCUT2D eigenvalue weighted by atomic mass is 10.2. The highest BCUT2D eigenvalue weighted by Gasteiger charge is 2.04. The van der Waals surface area contributed by atoms with E-state index in [9.17, 15) is 4.79 Å². The molecule has 0 spiro atoms. The lowest BCUT2D eigenvalue weighted by Gasteiger charge is -2.06. The molecule has 25 heavy (non-hydrogen) atoms. The number of unbranched alkanes of at least 4 members (excludes halogenated alkanes) is 3. The number of nitrogens with one attached hydrogen (secondary N) is 1. The molecule has 0 atom stereocenters. The molecule has 0 saturated heterocycles. The number of hydrogen-bond acceptors (Lipinski definition) is 3. The average Bonchev–Trinajstić information content (AvgIpc) is 2.66. The third-order valence-electron chi connectivity index (χ3n) is 3.81. The topological polar surface area (TPSA) is 50.7 Å². The molecule has 132 valence electrons. The largest absolute Gasteiger partial charge is 0.494 e. The lowest BCUT2D eigenvalue weighted by Crippen LogP contribution is -2.17. The second kappa shape index (κ2) is 11.0. The third kappa shape index (κ3) is 7.21. The van der Waals surface area contributed by atoms with Crippen molar-refractivity contribution >= 4 is 12.1 Å². The van der Waals surface area contributed by atoms with Crippen LogP contribution in [0, 0.1) is 0 Å².